The van der Waals surface area contributed by atoms with E-state index in [-0.39, 0.29) is 29.9 Å². The highest BCUT2D eigenvalue weighted by Gasteiger charge is 2.06. The lowest BCUT2D eigenvalue weighted by Crippen LogP contribution is -2.38. The SMILES string of the molecule is CN=C(NCCC(=O)Nc1ccc(C)cn1)NCc1nc(C)c(C)s1.I. The number of halogens is 1. The van der Waals surface area contributed by atoms with E-state index in [1.165, 1.54) is 4.88 Å². The molecule has 3 N–H and O–H groups in total. The van der Waals surface area contributed by atoms with Gasteiger partial charge in [0.05, 0.1) is 12.2 Å². The molecular formula is C17H25IN6OS. The van der Waals surface area contributed by atoms with Gasteiger partial charge in [-0.05, 0) is 32.4 Å². The van der Waals surface area contributed by atoms with Crippen LogP contribution >= 0.6 is 35.3 Å². The molecule has 1 amide bonds. The number of aliphatic imine (C=N–C) groups is 1. The third kappa shape index (κ3) is 7.24. The van der Waals surface area contributed by atoms with Crippen molar-refractivity contribution in [3.8, 4) is 0 Å². The van der Waals surface area contributed by atoms with E-state index in [0.29, 0.717) is 31.3 Å². The van der Waals surface area contributed by atoms with Crippen LogP contribution in [0.3, 0.4) is 0 Å². The number of amides is 1. The van der Waals surface area contributed by atoms with Crippen molar-refractivity contribution in [2.75, 3.05) is 18.9 Å². The van der Waals surface area contributed by atoms with E-state index in [2.05, 4.69) is 37.8 Å². The minimum absolute atomic E-state index is 0. The summed E-state index contributed by atoms with van der Waals surface area (Å²) in [5, 5.41) is 10.1. The van der Waals surface area contributed by atoms with Gasteiger partial charge in [-0.3, -0.25) is 9.79 Å². The quantitative estimate of drug-likeness (QED) is 0.331. The molecule has 0 aliphatic heterocycles. The monoisotopic (exact) mass is 488 g/mol. The van der Waals surface area contributed by atoms with Crippen molar-refractivity contribution in [2.24, 2.45) is 4.99 Å². The summed E-state index contributed by atoms with van der Waals surface area (Å²) in [6.07, 6.45) is 2.05. The van der Waals surface area contributed by atoms with Gasteiger partial charge >= 0.3 is 0 Å². The summed E-state index contributed by atoms with van der Waals surface area (Å²) in [7, 11) is 1.70. The zero-order valence-corrected chi connectivity index (χ0v) is 18.6. The van der Waals surface area contributed by atoms with E-state index in [0.717, 1.165) is 16.3 Å². The number of nitrogens with zero attached hydrogens (tertiary/aromatic N) is 3. The van der Waals surface area contributed by atoms with E-state index in [9.17, 15) is 4.79 Å². The first kappa shape index (κ1) is 22.3. The molecule has 0 aromatic carbocycles. The molecule has 142 valence electrons. The van der Waals surface area contributed by atoms with Crippen molar-refractivity contribution in [1.29, 1.82) is 0 Å². The maximum Gasteiger partial charge on any atom is 0.227 e. The smallest absolute Gasteiger partial charge is 0.227 e. The molecule has 0 unspecified atom stereocenters. The fourth-order valence-corrected chi connectivity index (χ4v) is 2.91. The zero-order valence-electron chi connectivity index (χ0n) is 15.4. The number of hydrogen-bond donors (Lipinski definition) is 3. The summed E-state index contributed by atoms with van der Waals surface area (Å²) in [6, 6.07) is 3.70. The Balaban J connectivity index is 0.00000338. The average Bonchev–Trinajstić information content (AvgIpc) is 2.91. The minimum Gasteiger partial charge on any atom is -0.356 e. The largest absolute Gasteiger partial charge is 0.356 e. The Morgan fingerprint density at radius 3 is 2.58 bits per heavy atom. The number of nitrogens with one attached hydrogen (secondary N) is 3. The van der Waals surface area contributed by atoms with Crippen molar-refractivity contribution in [3.05, 3.63) is 39.5 Å². The number of thiazole rings is 1. The lowest BCUT2D eigenvalue weighted by Gasteiger charge is -2.11. The molecular weight excluding hydrogens is 463 g/mol. The second kappa shape index (κ2) is 11.1. The van der Waals surface area contributed by atoms with E-state index in [1.807, 2.05) is 19.9 Å². The summed E-state index contributed by atoms with van der Waals surface area (Å²) in [5.74, 6) is 1.12. The van der Waals surface area contributed by atoms with Crippen LogP contribution in [0.1, 0.15) is 27.6 Å². The van der Waals surface area contributed by atoms with Crippen molar-refractivity contribution >= 4 is 53.0 Å². The topological polar surface area (TPSA) is 91.3 Å². The number of carbonyl (C=O) groups is 1. The van der Waals surface area contributed by atoms with Gasteiger partial charge in [0.25, 0.3) is 0 Å². The van der Waals surface area contributed by atoms with Crippen molar-refractivity contribution < 1.29 is 4.79 Å². The second-order valence-electron chi connectivity index (χ2n) is 5.62. The maximum absolute atomic E-state index is 11.9. The van der Waals surface area contributed by atoms with Crippen LogP contribution in [0.15, 0.2) is 23.3 Å². The Kier molecular flexibility index (Phi) is 9.49. The number of aromatic nitrogens is 2. The molecule has 0 aliphatic carbocycles. The van der Waals surface area contributed by atoms with Crippen LogP contribution in [0.2, 0.25) is 0 Å². The molecule has 2 heterocycles. The molecule has 2 aromatic rings. The molecule has 26 heavy (non-hydrogen) atoms. The zero-order chi connectivity index (χ0) is 18.2. The van der Waals surface area contributed by atoms with Crippen LogP contribution in [0.5, 0.6) is 0 Å². The first-order valence-corrected chi connectivity index (χ1v) is 8.89. The molecule has 2 aromatic heterocycles. The van der Waals surface area contributed by atoms with Gasteiger partial charge < -0.3 is 16.0 Å². The Morgan fingerprint density at radius 1 is 1.23 bits per heavy atom. The van der Waals surface area contributed by atoms with Gasteiger partial charge in [-0.1, -0.05) is 6.07 Å². The molecule has 0 saturated carbocycles. The Labute approximate surface area is 175 Å². The average molecular weight is 488 g/mol. The predicted molar refractivity (Wildman–Crippen MR) is 117 cm³/mol. The lowest BCUT2D eigenvalue weighted by atomic mass is 10.3. The predicted octanol–water partition coefficient (Wildman–Crippen LogP) is 2.78. The van der Waals surface area contributed by atoms with Gasteiger partial charge in [-0.25, -0.2) is 9.97 Å². The molecule has 0 saturated heterocycles. The summed E-state index contributed by atoms with van der Waals surface area (Å²) in [5.41, 5.74) is 2.12. The van der Waals surface area contributed by atoms with Crippen LogP contribution in [0.25, 0.3) is 0 Å². The van der Waals surface area contributed by atoms with Crippen LogP contribution in [-0.4, -0.2) is 35.4 Å². The number of guanidine groups is 1. The fourth-order valence-electron chi connectivity index (χ4n) is 2.04. The first-order valence-electron chi connectivity index (χ1n) is 8.08. The van der Waals surface area contributed by atoms with Gasteiger partial charge in [0.15, 0.2) is 5.96 Å². The molecule has 0 radical (unpaired) electrons. The first-order chi connectivity index (χ1) is 12.0. The summed E-state index contributed by atoms with van der Waals surface area (Å²) < 4.78 is 0. The molecule has 0 bridgehead atoms. The molecule has 0 spiro atoms. The highest BCUT2D eigenvalue weighted by atomic mass is 127. The number of aryl methyl sites for hydroxylation is 3. The number of pyridine rings is 1. The second-order valence-corrected chi connectivity index (χ2v) is 6.91. The van der Waals surface area contributed by atoms with Crippen molar-refractivity contribution in [1.82, 2.24) is 20.6 Å². The Hall–Kier alpha value is -1.75. The molecule has 0 atom stereocenters. The summed E-state index contributed by atoms with van der Waals surface area (Å²) >= 11 is 1.67. The highest BCUT2D eigenvalue weighted by Crippen LogP contribution is 2.15. The van der Waals surface area contributed by atoms with Crippen molar-refractivity contribution in [3.63, 3.8) is 0 Å². The van der Waals surface area contributed by atoms with Crippen LogP contribution in [-0.2, 0) is 11.3 Å². The fraction of sp³-hybridized carbons (Fsp3) is 0.412. The van der Waals surface area contributed by atoms with E-state index in [1.54, 1.807) is 30.6 Å². The molecule has 2 rings (SSSR count). The Morgan fingerprint density at radius 2 is 2.00 bits per heavy atom. The lowest BCUT2D eigenvalue weighted by molar-refractivity contribution is -0.116. The van der Waals surface area contributed by atoms with E-state index in [4.69, 9.17) is 0 Å². The third-order valence-corrected chi connectivity index (χ3v) is 4.60. The molecule has 0 aliphatic rings. The van der Waals surface area contributed by atoms with Crippen LogP contribution in [0, 0.1) is 20.8 Å². The van der Waals surface area contributed by atoms with Crippen molar-refractivity contribution in [2.45, 2.75) is 33.7 Å². The summed E-state index contributed by atoms with van der Waals surface area (Å²) in [4.78, 5) is 25.9. The number of anilines is 1. The maximum atomic E-state index is 11.9. The van der Waals surface area contributed by atoms with Gasteiger partial charge in [0, 0.05) is 31.1 Å². The minimum atomic E-state index is -0.0921. The normalized spacial score (nSPS) is 10.8. The van der Waals surface area contributed by atoms with Crippen LogP contribution in [0.4, 0.5) is 5.82 Å². The third-order valence-electron chi connectivity index (χ3n) is 3.53. The van der Waals surface area contributed by atoms with Gasteiger partial charge in [-0.15, -0.1) is 35.3 Å². The molecule has 7 nitrogen and oxygen atoms in total. The number of rotatable bonds is 6. The van der Waals surface area contributed by atoms with E-state index < -0.39 is 0 Å². The van der Waals surface area contributed by atoms with Gasteiger partial charge in [0.2, 0.25) is 5.91 Å². The van der Waals surface area contributed by atoms with Gasteiger partial charge in [0.1, 0.15) is 10.8 Å². The standard InChI is InChI=1S/C17H24N6OS.HI/c1-11-5-6-14(20-9-11)23-15(24)7-8-19-17(18-4)21-10-16-22-12(2)13(3)25-16;/h5-6,9H,7-8,10H2,1-4H3,(H2,18,19,21)(H,20,23,24);1H. The molecule has 9 heteroatoms. The van der Waals surface area contributed by atoms with Crippen LogP contribution < -0.4 is 16.0 Å². The van der Waals surface area contributed by atoms with E-state index >= 15 is 0 Å². The van der Waals surface area contributed by atoms with Gasteiger partial charge in [-0.2, -0.15) is 0 Å². The number of carbonyl (C=O) groups excluding carboxylic acids is 1. The summed E-state index contributed by atoms with van der Waals surface area (Å²) in [6.45, 7) is 7.11. The molecule has 0 fully saturated rings. The Bertz CT molecular complexity index is 725. The number of hydrogen-bond acceptors (Lipinski definition) is 5. The highest BCUT2D eigenvalue weighted by molar-refractivity contribution is 14.0.